The van der Waals surface area contributed by atoms with E-state index in [2.05, 4.69) is 11.6 Å². The van der Waals surface area contributed by atoms with Crippen molar-refractivity contribution in [2.45, 2.75) is 44.6 Å². The number of rotatable bonds is 6. The van der Waals surface area contributed by atoms with Crippen LogP contribution in [0.4, 0.5) is 0 Å². The van der Waals surface area contributed by atoms with E-state index in [0.29, 0.717) is 11.7 Å². The molecule has 2 rings (SSSR count). The Labute approximate surface area is 144 Å². The molecule has 0 spiro atoms. The molecule has 0 aliphatic carbocycles. The molecule has 1 N–H and O–H groups in total. The Hall–Kier alpha value is -1.60. The molecule has 0 atom stereocenters. The lowest BCUT2D eigenvalue weighted by molar-refractivity contribution is -0.134. The van der Waals surface area contributed by atoms with Crippen molar-refractivity contribution in [2.75, 3.05) is 19.7 Å². The van der Waals surface area contributed by atoms with E-state index in [-0.39, 0.29) is 23.5 Å². The minimum absolute atomic E-state index is 0.0231. The third-order valence-electron chi connectivity index (χ3n) is 4.02. The number of carbonyl (C=O) groups excluding carboxylic acids is 1. The van der Waals surface area contributed by atoms with Gasteiger partial charge in [-0.05, 0) is 56.9 Å². The first-order chi connectivity index (χ1) is 11.3. The summed E-state index contributed by atoms with van der Waals surface area (Å²) in [4.78, 5) is 14.1. The van der Waals surface area contributed by atoms with Crippen molar-refractivity contribution in [3.05, 3.63) is 24.3 Å². The van der Waals surface area contributed by atoms with Crippen LogP contribution in [-0.2, 0) is 14.8 Å². The van der Waals surface area contributed by atoms with Crippen molar-refractivity contribution in [1.29, 1.82) is 0 Å². The first kappa shape index (κ1) is 18.7. The highest BCUT2D eigenvalue weighted by atomic mass is 32.2. The van der Waals surface area contributed by atoms with Crippen molar-refractivity contribution in [3.8, 4) is 5.75 Å². The zero-order valence-electron chi connectivity index (χ0n) is 14.5. The molecule has 1 heterocycles. The molecule has 134 valence electrons. The Morgan fingerprint density at radius 3 is 2.38 bits per heavy atom. The van der Waals surface area contributed by atoms with E-state index in [1.54, 1.807) is 26.0 Å². The lowest BCUT2D eigenvalue weighted by Crippen LogP contribution is -2.40. The zero-order valence-corrected chi connectivity index (χ0v) is 15.3. The fourth-order valence-electron chi connectivity index (χ4n) is 2.59. The molecule has 1 aromatic carbocycles. The predicted molar refractivity (Wildman–Crippen MR) is 92.4 cm³/mol. The maximum atomic E-state index is 12.1. The highest BCUT2D eigenvalue weighted by molar-refractivity contribution is 7.89. The molecule has 6 nitrogen and oxygen atoms in total. The van der Waals surface area contributed by atoms with Gasteiger partial charge in [0.2, 0.25) is 10.0 Å². The van der Waals surface area contributed by atoms with E-state index < -0.39 is 10.0 Å². The Morgan fingerprint density at radius 2 is 1.83 bits per heavy atom. The van der Waals surface area contributed by atoms with Gasteiger partial charge in [-0.3, -0.25) is 4.79 Å². The number of carbonyl (C=O) groups is 1. The molecule has 1 saturated heterocycles. The standard InChI is InChI=1S/C17H26N2O4S/c1-13(2)18-24(21,22)16-6-4-15(5-7-16)23-12-17(20)19-10-8-14(3)9-11-19/h4-7,13-14,18H,8-12H2,1-3H3. The average Bonchev–Trinajstić information content (AvgIpc) is 2.52. The molecule has 0 radical (unpaired) electrons. The van der Waals surface area contributed by atoms with Gasteiger partial charge >= 0.3 is 0 Å². The molecular formula is C17H26N2O4S. The number of piperidine rings is 1. The first-order valence-electron chi connectivity index (χ1n) is 8.31. The van der Waals surface area contributed by atoms with Gasteiger partial charge in [-0.15, -0.1) is 0 Å². The fraction of sp³-hybridized carbons (Fsp3) is 0.588. The molecular weight excluding hydrogens is 328 g/mol. The summed E-state index contributed by atoms with van der Waals surface area (Å²) in [6, 6.07) is 5.93. The Kier molecular flexibility index (Phi) is 6.23. The van der Waals surface area contributed by atoms with Crippen LogP contribution in [0.1, 0.15) is 33.6 Å². The zero-order chi connectivity index (χ0) is 17.7. The molecule has 7 heteroatoms. The smallest absolute Gasteiger partial charge is 0.260 e. The molecule has 1 aliphatic heterocycles. The van der Waals surface area contributed by atoms with Gasteiger partial charge in [0.15, 0.2) is 6.61 Å². The van der Waals surface area contributed by atoms with Crippen LogP contribution < -0.4 is 9.46 Å². The third-order valence-corrected chi connectivity index (χ3v) is 5.70. The number of amides is 1. The monoisotopic (exact) mass is 354 g/mol. The summed E-state index contributed by atoms with van der Waals surface area (Å²) in [5.41, 5.74) is 0. The lowest BCUT2D eigenvalue weighted by atomic mass is 9.99. The Bertz CT molecular complexity index is 648. The molecule has 0 bridgehead atoms. The summed E-state index contributed by atoms with van der Waals surface area (Å²) in [6.07, 6.45) is 2.06. The van der Waals surface area contributed by atoms with E-state index in [9.17, 15) is 13.2 Å². The normalized spacial score (nSPS) is 16.4. The fourth-order valence-corrected chi connectivity index (χ4v) is 3.84. The van der Waals surface area contributed by atoms with Crippen molar-refractivity contribution < 1.29 is 17.9 Å². The van der Waals surface area contributed by atoms with Gasteiger partial charge in [-0.25, -0.2) is 13.1 Å². The number of nitrogens with one attached hydrogen (secondary N) is 1. The van der Waals surface area contributed by atoms with Gasteiger partial charge in [-0.2, -0.15) is 0 Å². The Balaban J connectivity index is 1.89. The minimum Gasteiger partial charge on any atom is -0.484 e. The molecule has 1 aliphatic rings. The lowest BCUT2D eigenvalue weighted by Gasteiger charge is -2.30. The van der Waals surface area contributed by atoms with E-state index >= 15 is 0 Å². The average molecular weight is 354 g/mol. The number of ether oxygens (including phenoxy) is 1. The molecule has 0 unspecified atom stereocenters. The van der Waals surface area contributed by atoms with Crippen molar-refractivity contribution in [1.82, 2.24) is 9.62 Å². The minimum atomic E-state index is -3.51. The van der Waals surface area contributed by atoms with Crippen LogP contribution in [0, 0.1) is 5.92 Å². The third kappa shape index (κ3) is 5.21. The number of benzene rings is 1. The topological polar surface area (TPSA) is 75.7 Å². The molecule has 1 amide bonds. The van der Waals surface area contributed by atoms with Gasteiger partial charge in [0.25, 0.3) is 5.91 Å². The summed E-state index contributed by atoms with van der Waals surface area (Å²) >= 11 is 0. The van der Waals surface area contributed by atoms with Crippen LogP contribution in [-0.4, -0.2) is 45.0 Å². The first-order valence-corrected chi connectivity index (χ1v) is 9.79. The Morgan fingerprint density at radius 1 is 1.25 bits per heavy atom. The molecule has 0 saturated carbocycles. The van der Waals surface area contributed by atoms with E-state index in [1.165, 1.54) is 12.1 Å². The number of nitrogens with zero attached hydrogens (tertiary/aromatic N) is 1. The highest BCUT2D eigenvalue weighted by Crippen LogP contribution is 2.18. The maximum absolute atomic E-state index is 12.1. The van der Waals surface area contributed by atoms with E-state index in [1.807, 2.05) is 4.90 Å². The van der Waals surface area contributed by atoms with Crippen molar-refractivity contribution >= 4 is 15.9 Å². The largest absolute Gasteiger partial charge is 0.484 e. The second-order valence-corrected chi connectivity index (χ2v) is 8.31. The van der Waals surface area contributed by atoms with Crippen LogP contribution in [0.15, 0.2) is 29.2 Å². The van der Waals surface area contributed by atoms with E-state index in [0.717, 1.165) is 25.9 Å². The van der Waals surface area contributed by atoms with Crippen molar-refractivity contribution in [2.24, 2.45) is 5.92 Å². The number of hydrogen-bond donors (Lipinski definition) is 1. The summed E-state index contributed by atoms with van der Waals surface area (Å²) in [7, 11) is -3.51. The van der Waals surface area contributed by atoms with Gasteiger partial charge < -0.3 is 9.64 Å². The van der Waals surface area contributed by atoms with E-state index in [4.69, 9.17) is 4.74 Å². The number of sulfonamides is 1. The summed E-state index contributed by atoms with van der Waals surface area (Å²) in [6.45, 7) is 7.26. The molecule has 1 aromatic rings. The van der Waals surface area contributed by atoms with Crippen LogP contribution in [0.5, 0.6) is 5.75 Å². The van der Waals surface area contributed by atoms with Crippen LogP contribution in [0.3, 0.4) is 0 Å². The summed E-state index contributed by atoms with van der Waals surface area (Å²) in [5, 5.41) is 0. The molecule has 24 heavy (non-hydrogen) atoms. The summed E-state index contributed by atoms with van der Waals surface area (Å²) in [5.74, 6) is 1.13. The molecule has 1 fully saturated rings. The quantitative estimate of drug-likeness (QED) is 0.848. The van der Waals surface area contributed by atoms with Crippen LogP contribution in [0.2, 0.25) is 0 Å². The SMILES string of the molecule is CC1CCN(C(=O)COc2ccc(S(=O)(=O)NC(C)C)cc2)CC1. The van der Waals surface area contributed by atoms with Crippen molar-refractivity contribution in [3.63, 3.8) is 0 Å². The molecule has 0 aromatic heterocycles. The second-order valence-electron chi connectivity index (χ2n) is 6.60. The maximum Gasteiger partial charge on any atom is 0.260 e. The van der Waals surface area contributed by atoms with Gasteiger partial charge in [0.05, 0.1) is 4.90 Å². The van der Waals surface area contributed by atoms with Gasteiger partial charge in [0.1, 0.15) is 5.75 Å². The summed E-state index contributed by atoms with van der Waals surface area (Å²) < 4.78 is 32.1. The van der Waals surface area contributed by atoms with Crippen LogP contribution >= 0.6 is 0 Å². The second kappa shape index (κ2) is 7.98. The van der Waals surface area contributed by atoms with Gasteiger partial charge in [-0.1, -0.05) is 6.92 Å². The van der Waals surface area contributed by atoms with Gasteiger partial charge in [0, 0.05) is 19.1 Å². The van der Waals surface area contributed by atoms with Crippen LogP contribution in [0.25, 0.3) is 0 Å². The highest BCUT2D eigenvalue weighted by Gasteiger charge is 2.20. The number of hydrogen-bond acceptors (Lipinski definition) is 4. The number of likely N-dealkylation sites (tertiary alicyclic amines) is 1. The predicted octanol–water partition coefficient (Wildman–Crippen LogP) is 2.01.